The molecule has 0 saturated carbocycles. The van der Waals surface area contributed by atoms with E-state index in [0.29, 0.717) is 18.2 Å². The molecule has 0 radical (unpaired) electrons. The summed E-state index contributed by atoms with van der Waals surface area (Å²) in [5.74, 6) is -0.206. The van der Waals surface area contributed by atoms with E-state index in [4.69, 9.17) is 0 Å². The van der Waals surface area contributed by atoms with Crippen LogP contribution in [-0.4, -0.2) is 42.8 Å². The molecule has 4 nitrogen and oxygen atoms in total. The standard InChI is InChI=1S/C31H35F3N2O2/c1-2-19-36(28-16-14-27-22-29(38-31(32,33)34)17-15-26(27)21-28)20-7-6-18-35-30(37)25-12-10-24(11-13-25)23-8-4-3-5-9-23/h3-5,8-13,15,17,22,28H,2,6-7,14,16,18-21H2,1H3,(H,35,37). The lowest BCUT2D eigenvalue weighted by molar-refractivity contribution is -0.274. The molecule has 0 fully saturated rings. The van der Waals surface area contributed by atoms with E-state index < -0.39 is 6.36 Å². The van der Waals surface area contributed by atoms with Gasteiger partial charge in [-0.05, 0) is 98.1 Å². The van der Waals surface area contributed by atoms with E-state index in [1.165, 1.54) is 12.1 Å². The Morgan fingerprint density at radius 1 is 0.947 bits per heavy atom. The molecule has 1 atom stereocenters. The highest BCUT2D eigenvalue weighted by molar-refractivity contribution is 5.94. The number of fused-ring (bicyclic) bond motifs is 1. The smallest absolute Gasteiger partial charge is 0.406 e. The first-order chi connectivity index (χ1) is 18.3. The van der Waals surface area contributed by atoms with Gasteiger partial charge in [0.2, 0.25) is 0 Å². The molecule has 3 aromatic carbocycles. The van der Waals surface area contributed by atoms with Crippen molar-refractivity contribution in [2.75, 3.05) is 19.6 Å². The highest BCUT2D eigenvalue weighted by Gasteiger charge is 2.32. The number of alkyl halides is 3. The van der Waals surface area contributed by atoms with E-state index in [9.17, 15) is 18.0 Å². The summed E-state index contributed by atoms with van der Waals surface area (Å²) in [6, 6.07) is 22.8. The molecule has 1 amide bonds. The van der Waals surface area contributed by atoms with Crippen LogP contribution in [0, 0.1) is 0 Å². The molecular formula is C31H35F3N2O2. The Kier molecular flexibility index (Phi) is 9.45. The monoisotopic (exact) mass is 524 g/mol. The number of nitrogens with zero attached hydrogens (tertiary/aromatic N) is 1. The first-order valence-electron chi connectivity index (χ1n) is 13.4. The molecule has 0 aliphatic heterocycles. The minimum absolute atomic E-state index is 0.0622. The number of benzene rings is 3. The first kappa shape index (κ1) is 27.7. The summed E-state index contributed by atoms with van der Waals surface area (Å²) >= 11 is 0. The minimum atomic E-state index is -4.67. The van der Waals surface area contributed by atoms with Gasteiger partial charge in [0.05, 0.1) is 0 Å². The number of hydrogen-bond donors (Lipinski definition) is 1. The number of carbonyl (C=O) groups excluding carboxylic acids is 1. The van der Waals surface area contributed by atoms with E-state index in [-0.39, 0.29) is 11.7 Å². The van der Waals surface area contributed by atoms with Crippen molar-refractivity contribution in [3.63, 3.8) is 0 Å². The number of nitrogens with one attached hydrogen (secondary N) is 1. The number of hydrogen-bond acceptors (Lipinski definition) is 3. The maximum Gasteiger partial charge on any atom is 0.573 e. The molecule has 1 aliphatic carbocycles. The molecule has 3 aromatic rings. The number of aryl methyl sites for hydroxylation is 1. The topological polar surface area (TPSA) is 41.6 Å². The number of amides is 1. The molecule has 7 heteroatoms. The van der Waals surface area contributed by atoms with Crippen LogP contribution in [0.15, 0.2) is 72.8 Å². The van der Waals surface area contributed by atoms with Gasteiger partial charge in [0, 0.05) is 18.2 Å². The lowest BCUT2D eigenvalue weighted by Gasteiger charge is -2.35. The van der Waals surface area contributed by atoms with Crippen LogP contribution in [0.2, 0.25) is 0 Å². The molecular weight excluding hydrogens is 489 g/mol. The van der Waals surface area contributed by atoms with Crippen LogP contribution in [0.3, 0.4) is 0 Å². The molecule has 4 rings (SSSR count). The lowest BCUT2D eigenvalue weighted by atomic mass is 9.87. The second-order valence-corrected chi connectivity index (χ2v) is 9.82. The van der Waals surface area contributed by atoms with E-state index >= 15 is 0 Å². The van der Waals surface area contributed by atoms with Crippen LogP contribution in [0.1, 0.15) is 54.1 Å². The summed E-state index contributed by atoms with van der Waals surface area (Å²) in [4.78, 5) is 15.1. The minimum Gasteiger partial charge on any atom is -0.406 e. The Morgan fingerprint density at radius 2 is 1.68 bits per heavy atom. The van der Waals surface area contributed by atoms with Gasteiger partial charge >= 0.3 is 6.36 Å². The average Bonchev–Trinajstić information content (AvgIpc) is 2.91. The van der Waals surface area contributed by atoms with Crippen molar-refractivity contribution in [2.45, 2.75) is 57.9 Å². The summed E-state index contributed by atoms with van der Waals surface area (Å²) in [7, 11) is 0. The van der Waals surface area contributed by atoms with Crippen molar-refractivity contribution in [3.8, 4) is 16.9 Å². The highest BCUT2D eigenvalue weighted by Crippen LogP contribution is 2.30. The van der Waals surface area contributed by atoms with Crippen LogP contribution >= 0.6 is 0 Å². The van der Waals surface area contributed by atoms with Crippen molar-refractivity contribution in [1.29, 1.82) is 0 Å². The zero-order valence-corrected chi connectivity index (χ0v) is 21.8. The van der Waals surface area contributed by atoms with Crippen molar-refractivity contribution in [1.82, 2.24) is 10.2 Å². The number of unbranched alkanes of at least 4 members (excludes halogenated alkanes) is 1. The average molecular weight is 525 g/mol. The molecule has 0 spiro atoms. The van der Waals surface area contributed by atoms with Crippen molar-refractivity contribution >= 4 is 5.91 Å². The fourth-order valence-electron chi connectivity index (χ4n) is 5.17. The van der Waals surface area contributed by atoms with Crippen molar-refractivity contribution < 1.29 is 22.7 Å². The summed E-state index contributed by atoms with van der Waals surface area (Å²) in [6.07, 6.45) is 0.710. The van der Waals surface area contributed by atoms with Gasteiger partial charge in [-0.2, -0.15) is 0 Å². The molecule has 1 aliphatic rings. The molecule has 0 heterocycles. The van der Waals surface area contributed by atoms with Crippen LogP contribution in [0.5, 0.6) is 5.75 Å². The number of ether oxygens (including phenoxy) is 1. The first-order valence-corrected chi connectivity index (χ1v) is 13.4. The normalized spacial score (nSPS) is 15.2. The quantitative estimate of drug-likeness (QED) is 0.274. The van der Waals surface area contributed by atoms with Crippen molar-refractivity contribution in [2.24, 2.45) is 0 Å². The Balaban J connectivity index is 1.22. The highest BCUT2D eigenvalue weighted by atomic mass is 19.4. The second-order valence-electron chi connectivity index (χ2n) is 9.82. The van der Waals surface area contributed by atoms with Crippen LogP contribution in [-0.2, 0) is 12.8 Å². The van der Waals surface area contributed by atoms with Gasteiger partial charge in [0.1, 0.15) is 5.75 Å². The Morgan fingerprint density at radius 3 is 2.39 bits per heavy atom. The molecule has 1 unspecified atom stereocenters. The van der Waals surface area contributed by atoms with Gasteiger partial charge in [0.15, 0.2) is 0 Å². The fraction of sp³-hybridized carbons (Fsp3) is 0.387. The Hall–Kier alpha value is -3.32. The van der Waals surface area contributed by atoms with Crippen LogP contribution in [0.4, 0.5) is 13.2 Å². The molecule has 0 aromatic heterocycles. The maximum atomic E-state index is 12.6. The molecule has 0 saturated heterocycles. The van der Waals surface area contributed by atoms with E-state index in [2.05, 4.69) is 21.9 Å². The van der Waals surface area contributed by atoms with E-state index in [1.807, 2.05) is 54.6 Å². The van der Waals surface area contributed by atoms with Gasteiger partial charge in [-0.1, -0.05) is 55.5 Å². The lowest BCUT2D eigenvalue weighted by Crippen LogP contribution is -2.40. The van der Waals surface area contributed by atoms with E-state index in [0.717, 1.165) is 73.9 Å². The largest absolute Gasteiger partial charge is 0.573 e. The predicted molar refractivity (Wildman–Crippen MR) is 144 cm³/mol. The van der Waals surface area contributed by atoms with E-state index in [1.54, 1.807) is 6.07 Å². The summed E-state index contributed by atoms with van der Waals surface area (Å²) in [6.45, 7) is 4.70. The maximum absolute atomic E-state index is 12.6. The molecule has 0 bridgehead atoms. The third kappa shape index (κ3) is 7.84. The zero-order chi connectivity index (χ0) is 27.0. The van der Waals surface area contributed by atoms with Gasteiger partial charge in [-0.3, -0.25) is 4.79 Å². The zero-order valence-electron chi connectivity index (χ0n) is 21.8. The SMILES string of the molecule is CCCN(CCCCNC(=O)c1ccc(-c2ccccc2)cc1)C1CCc2cc(OC(F)(F)F)ccc2C1. The summed E-state index contributed by atoms with van der Waals surface area (Å²) in [5.41, 5.74) is 4.90. The third-order valence-corrected chi connectivity index (χ3v) is 7.05. The van der Waals surface area contributed by atoms with Crippen LogP contribution in [0.25, 0.3) is 11.1 Å². The van der Waals surface area contributed by atoms with Gasteiger partial charge in [-0.15, -0.1) is 13.2 Å². The number of rotatable bonds is 11. The molecule has 1 N–H and O–H groups in total. The van der Waals surface area contributed by atoms with Crippen molar-refractivity contribution in [3.05, 3.63) is 89.5 Å². The number of halogens is 3. The second kappa shape index (κ2) is 13.0. The molecule has 202 valence electrons. The van der Waals surface area contributed by atoms with Gasteiger partial charge < -0.3 is 15.0 Å². The summed E-state index contributed by atoms with van der Waals surface area (Å²) < 4.78 is 41.7. The van der Waals surface area contributed by atoms with Gasteiger partial charge in [-0.25, -0.2) is 0 Å². The molecule has 38 heavy (non-hydrogen) atoms. The summed E-state index contributed by atoms with van der Waals surface area (Å²) in [5, 5.41) is 3.03. The predicted octanol–water partition coefficient (Wildman–Crippen LogP) is 7.03. The third-order valence-electron chi connectivity index (χ3n) is 7.05. The Labute approximate surface area is 222 Å². The van der Waals surface area contributed by atoms with Crippen LogP contribution < -0.4 is 10.1 Å². The fourth-order valence-corrected chi connectivity index (χ4v) is 5.17. The Bertz CT molecular complexity index is 1180. The number of carbonyl (C=O) groups is 1. The van der Waals surface area contributed by atoms with Gasteiger partial charge in [0.25, 0.3) is 5.91 Å².